The average Bonchev–Trinajstić information content (AvgIpc) is 3.08. The van der Waals surface area contributed by atoms with Gasteiger partial charge in [0, 0.05) is 6.54 Å². The second-order valence-corrected chi connectivity index (χ2v) is 6.85. The number of aryl methyl sites for hydroxylation is 1. The molecule has 1 aliphatic heterocycles. The Labute approximate surface area is 154 Å². The van der Waals surface area contributed by atoms with Gasteiger partial charge in [0.1, 0.15) is 5.75 Å². The van der Waals surface area contributed by atoms with Crippen LogP contribution in [0.3, 0.4) is 0 Å². The van der Waals surface area contributed by atoms with Gasteiger partial charge in [-0.05, 0) is 54.7 Å². The van der Waals surface area contributed by atoms with Crippen LogP contribution in [0.5, 0.6) is 17.2 Å². The Kier molecular flexibility index (Phi) is 5.35. The van der Waals surface area contributed by atoms with Crippen LogP contribution in [0.4, 0.5) is 0 Å². The third kappa shape index (κ3) is 4.10. The number of rotatable bonds is 6. The fourth-order valence-corrected chi connectivity index (χ4v) is 2.73. The minimum atomic E-state index is -0.579. The lowest BCUT2D eigenvalue weighted by Crippen LogP contribution is -2.36. The zero-order chi connectivity index (χ0) is 18.7. The molecule has 0 spiro atoms. The number of fused-ring (bicyclic) bond motifs is 1. The molecule has 0 bridgehead atoms. The number of carbonyl (C=O) groups excluding carboxylic acids is 1. The number of hydrogen-bond donors (Lipinski definition) is 1. The molecule has 1 amide bonds. The minimum Gasteiger partial charge on any atom is -0.481 e. The summed E-state index contributed by atoms with van der Waals surface area (Å²) in [5, 5.41) is 2.91. The van der Waals surface area contributed by atoms with Crippen LogP contribution in [-0.4, -0.2) is 18.8 Å². The molecule has 5 heteroatoms. The zero-order valence-corrected chi connectivity index (χ0v) is 15.7. The molecule has 1 heterocycles. The van der Waals surface area contributed by atoms with Gasteiger partial charge in [0.2, 0.25) is 6.79 Å². The van der Waals surface area contributed by atoms with Crippen molar-refractivity contribution in [3.8, 4) is 17.2 Å². The third-order valence-corrected chi connectivity index (χ3v) is 4.46. The summed E-state index contributed by atoms with van der Waals surface area (Å²) in [6.45, 7) is 8.66. The van der Waals surface area contributed by atoms with E-state index in [1.165, 1.54) is 5.56 Å². The molecule has 3 rings (SSSR count). The van der Waals surface area contributed by atoms with Crippen molar-refractivity contribution in [1.82, 2.24) is 5.32 Å². The molecular formula is C21H25NO4. The first-order valence-electron chi connectivity index (χ1n) is 8.87. The molecule has 138 valence electrons. The van der Waals surface area contributed by atoms with Crippen molar-refractivity contribution in [3.05, 3.63) is 53.1 Å². The van der Waals surface area contributed by atoms with Gasteiger partial charge in [0.25, 0.3) is 5.91 Å². The normalized spacial score (nSPS) is 13.6. The van der Waals surface area contributed by atoms with Crippen molar-refractivity contribution < 1.29 is 19.0 Å². The summed E-state index contributed by atoms with van der Waals surface area (Å²) in [5.74, 6) is 2.45. The molecule has 0 fully saturated rings. The van der Waals surface area contributed by atoms with Crippen LogP contribution in [0.2, 0.25) is 0 Å². The highest BCUT2D eigenvalue weighted by atomic mass is 16.7. The fourth-order valence-electron chi connectivity index (χ4n) is 2.73. The maximum Gasteiger partial charge on any atom is 0.261 e. The summed E-state index contributed by atoms with van der Waals surface area (Å²) in [6, 6.07) is 11.8. The summed E-state index contributed by atoms with van der Waals surface area (Å²) in [6.07, 6.45) is -0.579. The van der Waals surface area contributed by atoms with Gasteiger partial charge in [-0.1, -0.05) is 32.0 Å². The monoisotopic (exact) mass is 355 g/mol. The van der Waals surface area contributed by atoms with Crippen LogP contribution in [0, 0.1) is 6.92 Å². The zero-order valence-electron chi connectivity index (χ0n) is 15.7. The Hall–Kier alpha value is -2.69. The van der Waals surface area contributed by atoms with Crippen molar-refractivity contribution in [3.63, 3.8) is 0 Å². The lowest BCUT2D eigenvalue weighted by Gasteiger charge is -2.18. The molecule has 2 aromatic rings. The summed E-state index contributed by atoms with van der Waals surface area (Å²) < 4.78 is 16.6. The Balaban J connectivity index is 1.59. The van der Waals surface area contributed by atoms with Gasteiger partial charge in [-0.15, -0.1) is 0 Å². The number of benzene rings is 2. The maximum absolute atomic E-state index is 12.4. The Morgan fingerprint density at radius 1 is 1.12 bits per heavy atom. The smallest absolute Gasteiger partial charge is 0.261 e. The predicted molar refractivity (Wildman–Crippen MR) is 99.8 cm³/mol. The van der Waals surface area contributed by atoms with E-state index in [-0.39, 0.29) is 12.7 Å². The standard InChI is InChI=1S/C21H25NO4/c1-13(2)17-7-5-14(3)19(10-17)26-15(4)21(23)22-11-16-6-8-18-20(9-16)25-12-24-18/h5-10,13,15H,11-12H2,1-4H3,(H,22,23). The molecule has 26 heavy (non-hydrogen) atoms. The molecule has 0 aliphatic carbocycles. The van der Waals surface area contributed by atoms with Gasteiger partial charge < -0.3 is 19.5 Å². The summed E-state index contributed by atoms with van der Waals surface area (Å²) in [4.78, 5) is 12.4. The first-order chi connectivity index (χ1) is 12.4. The Morgan fingerprint density at radius 3 is 2.65 bits per heavy atom. The third-order valence-electron chi connectivity index (χ3n) is 4.46. The Morgan fingerprint density at radius 2 is 1.88 bits per heavy atom. The highest BCUT2D eigenvalue weighted by Crippen LogP contribution is 2.32. The SMILES string of the molecule is Cc1ccc(C(C)C)cc1OC(C)C(=O)NCc1ccc2c(c1)OCO2. The van der Waals surface area contributed by atoms with E-state index < -0.39 is 6.10 Å². The fraction of sp³-hybridized carbons (Fsp3) is 0.381. The molecule has 5 nitrogen and oxygen atoms in total. The van der Waals surface area contributed by atoms with Crippen LogP contribution in [0.15, 0.2) is 36.4 Å². The van der Waals surface area contributed by atoms with Crippen LogP contribution >= 0.6 is 0 Å². The van der Waals surface area contributed by atoms with Gasteiger partial charge >= 0.3 is 0 Å². The van der Waals surface area contributed by atoms with E-state index in [1.54, 1.807) is 6.92 Å². The molecule has 0 radical (unpaired) electrons. The summed E-state index contributed by atoms with van der Waals surface area (Å²) >= 11 is 0. The van der Waals surface area contributed by atoms with Gasteiger partial charge in [-0.25, -0.2) is 0 Å². The number of hydrogen-bond acceptors (Lipinski definition) is 4. The Bertz CT molecular complexity index is 801. The second kappa shape index (κ2) is 7.68. The van der Waals surface area contributed by atoms with Crippen LogP contribution in [0.25, 0.3) is 0 Å². The predicted octanol–water partition coefficient (Wildman–Crippen LogP) is 3.93. The number of carbonyl (C=O) groups is 1. The molecule has 0 aromatic heterocycles. The number of ether oxygens (including phenoxy) is 3. The van der Waals surface area contributed by atoms with Gasteiger partial charge in [0.05, 0.1) is 0 Å². The van der Waals surface area contributed by atoms with Crippen LogP contribution in [-0.2, 0) is 11.3 Å². The molecular weight excluding hydrogens is 330 g/mol. The van der Waals surface area contributed by atoms with E-state index in [0.29, 0.717) is 18.2 Å². The van der Waals surface area contributed by atoms with Gasteiger partial charge in [0.15, 0.2) is 17.6 Å². The molecule has 1 unspecified atom stereocenters. The first-order valence-corrected chi connectivity index (χ1v) is 8.87. The van der Waals surface area contributed by atoms with E-state index >= 15 is 0 Å². The molecule has 0 saturated heterocycles. The van der Waals surface area contributed by atoms with E-state index in [2.05, 4.69) is 25.2 Å². The summed E-state index contributed by atoms with van der Waals surface area (Å²) in [5.41, 5.74) is 3.16. The van der Waals surface area contributed by atoms with Crippen LogP contribution in [0.1, 0.15) is 43.4 Å². The highest BCUT2D eigenvalue weighted by Gasteiger charge is 2.17. The molecule has 1 N–H and O–H groups in total. The highest BCUT2D eigenvalue weighted by molar-refractivity contribution is 5.80. The molecule has 0 saturated carbocycles. The van der Waals surface area contributed by atoms with Crippen molar-refractivity contribution >= 4 is 5.91 Å². The first kappa shape index (κ1) is 18.1. The van der Waals surface area contributed by atoms with Crippen molar-refractivity contribution in [2.75, 3.05) is 6.79 Å². The van der Waals surface area contributed by atoms with E-state index in [9.17, 15) is 4.79 Å². The lowest BCUT2D eigenvalue weighted by molar-refractivity contribution is -0.127. The molecule has 1 atom stereocenters. The van der Waals surface area contributed by atoms with Crippen molar-refractivity contribution in [1.29, 1.82) is 0 Å². The molecule has 2 aromatic carbocycles. The number of amides is 1. The lowest BCUT2D eigenvalue weighted by atomic mass is 10.0. The minimum absolute atomic E-state index is 0.156. The van der Waals surface area contributed by atoms with E-state index in [0.717, 1.165) is 22.6 Å². The topological polar surface area (TPSA) is 56.8 Å². The van der Waals surface area contributed by atoms with Gasteiger partial charge in [-0.2, -0.15) is 0 Å². The molecule has 1 aliphatic rings. The van der Waals surface area contributed by atoms with E-state index in [4.69, 9.17) is 14.2 Å². The largest absolute Gasteiger partial charge is 0.481 e. The van der Waals surface area contributed by atoms with Crippen molar-refractivity contribution in [2.24, 2.45) is 0 Å². The van der Waals surface area contributed by atoms with Crippen LogP contribution < -0.4 is 19.5 Å². The average molecular weight is 355 g/mol. The van der Waals surface area contributed by atoms with Gasteiger partial charge in [-0.3, -0.25) is 4.79 Å². The summed E-state index contributed by atoms with van der Waals surface area (Å²) in [7, 11) is 0. The second-order valence-electron chi connectivity index (χ2n) is 6.85. The maximum atomic E-state index is 12.4. The quantitative estimate of drug-likeness (QED) is 0.853. The van der Waals surface area contributed by atoms with E-state index in [1.807, 2.05) is 37.3 Å². The van der Waals surface area contributed by atoms with Crippen molar-refractivity contribution in [2.45, 2.75) is 46.3 Å². The number of nitrogens with one attached hydrogen (secondary N) is 1.